The Morgan fingerprint density at radius 3 is 2.68 bits per heavy atom. The summed E-state index contributed by atoms with van der Waals surface area (Å²) in [6, 6.07) is 10.8. The summed E-state index contributed by atoms with van der Waals surface area (Å²) in [6.07, 6.45) is 1.13. The molecule has 25 heavy (non-hydrogen) atoms. The van der Waals surface area contributed by atoms with E-state index in [0.29, 0.717) is 30.8 Å². The van der Waals surface area contributed by atoms with Crippen LogP contribution in [0.15, 0.2) is 41.4 Å². The normalized spacial score (nSPS) is 11.3. The number of benzene rings is 2. The fraction of sp³-hybridized carbons (Fsp3) is 0.294. The van der Waals surface area contributed by atoms with E-state index >= 15 is 0 Å². The van der Waals surface area contributed by atoms with Gasteiger partial charge in [-0.05, 0) is 24.3 Å². The van der Waals surface area contributed by atoms with E-state index in [-0.39, 0.29) is 24.3 Å². The van der Waals surface area contributed by atoms with Crippen LogP contribution in [0.5, 0.6) is 5.75 Å². The van der Waals surface area contributed by atoms with Crippen LogP contribution in [-0.2, 0) is 4.79 Å². The van der Waals surface area contributed by atoms with Crippen molar-refractivity contribution in [2.45, 2.75) is 18.9 Å². The maximum atomic E-state index is 12.2. The number of carbonyl (C=O) groups excluding carboxylic acids is 1. The summed E-state index contributed by atoms with van der Waals surface area (Å²) >= 11 is 0. The smallest absolute Gasteiger partial charge is 0.241 e. The SMILES string of the molecule is COc1cc(NC(=O)C(N)CCCN=C(N)N)cc2ccccc12.Cl. The van der Waals surface area contributed by atoms with Gasteiger partial charge in [0.05, 0.1) is 13.2 Å². The highest BCUT2D eigenvalue weighted by Gasteiger charge is 2.14. The van der Waals surface area contributed by atoms with Crippen molar-refractivity contribution in [1.82, 2.24) is 0 Å². The maximum absolute atomic E-state index is 12.2. The number of rotatable bonds is 7. The minimum absolute atomic E-state index is 0. The second-order valence-electron chi connectivity index (χ2n) is 5.44. The van der Waals surface area contributed by atoms with Gasteiger partial charge in [0.1, 0.15) is 5.75 Å². The van der Waals surface area contributed by atoms with Crippen LogP contribution >= 0.6 is 12.4 Å². The lowest BCUT2D eigenvalue weighted by atomic mass is 10.1. The molecule has 1 atom stereocenters. The van der Waals surface area contributed by atoms with Gasteiger partial charge in [0.15, 0.2) is 5.96 Å². The van der Waals surface area contributed by atoms with E-state index in [1.165, 1.54) is 0 Å². The molecule has 2 rings (SSSR count). The first-order valence-corrected chi connectivity index (χ1v) is 7.70. The van der Waals surface area contributed by atoms with Crippen LogP contribution in [0.3, 0.4) is 0 Å². The summed E-state index contributed by atoms with van der Waals surface area (Å²) in [5.74, 6) is 0.484. The number of anilines is 1. The van der Waals surface area contributed by atoms with E-state index in [0.717, 1.165) is 10.8 Å². The van der Waals surface area contributed by atoms with Crippen molar-refractivity contribution in [3.05, 3.63) is 36.4 Å². The van der Waals surface area contributed by atoms with Gasteiger partial charge in [0, 0.05) is 23.7 Å². The van der Waals surface area contributed by atoms with Gasteiger partial charge in [-0.25, -0.2) is 0 Å². The van der Waals surface area contributed by atoms with Gasteiger partial charge in [-0.15, -0.1) is 12.4 Å². The Bertz CT molecular complexity index is 747. The van der Waals surface area contributed by atoms with E-state index < -0.39 is 6.04 Å². The second kappa shape index (κ2) is 9.71. The van der Waals surface area contributed by atoms with Crippen molar-refractivity contribution in [1.29, 1.82) is 0 Å². The highest BCUT2D eigenvalue weighted by atomic mass is 35.5. The summed E-state index contributed by atoms with van der Waals surface area (Å²) in [5, 5.41) is 4.79. The zero-order valence-electron chi connectivity index (χ0n) is 14.1. The molecule has 1 amide bonds. The van der Waals surface area contributed by atoms with E-state index in [4.69, 9.17) is 21.9 Å². The first-order valence-electron chi connectivity index (χ1n) is 7.70. The summed E-state index contributed by atoms with van der Waals surface area (Å²) in [7, 11) is 1.60. The van der Waals surface area contributed by atoms with Crippen molar-refractivity contribution in [3.63, 3.8) is 0 Å². The number of guanidine groups is 1. The number of carbonyl (C=O) groups is 1. The number of methoxy groups -OCH3 is 1. The predicted molar refractivity (Wildman–Crippen MR) is 104 cm³/mol. The van der Waals surface area contributed by atoms with Gasteiger partial charge in [-0.2, -0.15) is 0 Å². The highest BCUT2D eigenvalue weighted by Crippen LogP contribution is 2.29. The molecule has 0 aliphatic carbocycles. The molecule has 0 fully saturated rings. The third-order valence-electron chi connectivity index (χ3n) is 3.62. The molecule has 0 aliphatic heterocycles. The molecule has 1 unspecified atom stereocenters. The molecular formula is C17H24ClN5O2. The number of fused-ring (bicyclic) bond motifs is 1. The second-order valence-corrected chi connectivity index (χ2v) is 5.44. The molecule has 0 saturated carbocycles. The molecule has 0 aromatic heterocycles. The Morgan fingerprint density at radius 1 is 1.28 bits per heavy atom. The molecule has 0 bridgehead atoms. The molecule has 0 spiro atoms. The number of nitrogens with one attached hydrogen (secondary N) is 1. The lowest BCUT2D eigenvalue weighted by Gasteiger charge is -2.14. The minimum atomic E-state index is -0.628. The molecule has 2 aromatic rings. The lowest BCUT2D eigenvalue weighted by Crippen LogP contribution is -2.35. The van der Waals surface area contributed by atoms with Crippen molar-refractivity contribution in [2.75, 3.05) is 19.0 Å². The summed E-state index contributed by atoms with van der Waals surface area (Å²) in [6.45, 7) is 0.451. The summed E-state index contributed by atoms with van der Waals surface area (Å²) in [5.41, 5.74) is 17.1. The van der Waals surface area contributed by atoms with Crippen LogP contribution in [0.2, 0.25) is 0 Å². The molecule has 0 saturated heterocycles. The van der Waals surface area contributed by atoms with Gasteiger partial charge < -0.3 is 27.3 Å². The van der Waals surface area contributed by atoms with E-state index in [1.807, 2.05) is 30.3 Å². The number of aliphatic imine (C=N–C) groups is 1. The zero-order valence-corrected chi connectivity index (χ0v) is 14.9. The Labute approximate surface area is 153 Å². The van der Waals surface area contributed by atoms with Gasteiger partial charge in [-0.3, -0.25) is 9.79 Å². The van der Waals surface area contributed by atoms with E-state index in [1.54, 1.807) is 13.2 Å². The monoisotopic (exact) mass is 365 g/mol. The molecule has 2 aromatic carbocycles. The van der Waals surface area contributed by atoms with Crippen LogP contribution < -0.4 is 27.3 Å². The number of nitrogens with zero attached hydrogens (tertiary/aromatic N) is 1. The third-order valence-corrected chi connectivity index (χ3v) is 3.62. The molecule has 7 nitrogen and oxygen atoms in total. The minimum Gasteiger partial charge on any atom is -0.496 e. The number of amides is 1. The van der Waals surface area contributed by atoms with Crippen LogP contribution in [-0.4, -0.2) is 31.6 Å². The number of hydrogen-bond donors (Lipinski definition) is 4. The maximum Gasteiger partial charge on any atom is 0.241 e. The molecule has 7 N–H and O–H groups in total. The first kappa shape index (κ1) is 20.5. The summed E-state index contributed by atoms with van der Waals surface area (Å²) in [4.78, 5) is 16.1. The molecule has 136 valence electrons. The van der Waals surface area contributed by atoms with Crippen molar-refractivity contribution in [2.24, 2.45) is 22.2 Å². The number of hydrogen-bond acceptors (Lipinski definition) is 4. The fourth-order valence-electron chi connectivity index (χ4n) is 2.40. The zero-order chi connectivity index (χ0) is 17.5. The predicted octanol–water partition coefficient (Wildman–Crippen LogP) is 1.59. The van der Waals surface area contributed by atoms with Gasteiger partial charge in [-0.1, -0.05) is 24.3 Å². The lowest BCUT2D eigenvalue weighted by molar-refractivity contribution is -0.117. The van der Waals surface area contributed by atoms with Crippen LogP contribution in [0.4, 0.5) is 5.69 Å². The number of ether oxygens (including phenoxy) is 1. The molecular weight excluding hydrogens is 342 g/mol. The molecule has 8 heteroatoms. The molecule has 0 heterocycles. The van der Waals surface area contributed by atoms with Crippen LogP contribution in [0, 0.1) is 0 Å². The van der Waals surface area contributed by atoms with Crippen LogP contribution in [0.25, 0.3) is 10.8 Å². The van der Waals surface area contributed by atoms with Gasteiger partial charge in [0.25, 0.3) is 0 Å². The average molecular weight is 366 g/mol. The van der Waals surface area contributed by atoms with Gasteiger partial charge in [0.2, 0.25) is 5.91 Å². The van der Waals surface area contributed by atoms with Crippen molar-refractivity contribution < 1.29 is 9.53 Å². The van der Waals surface area contributed by atoms with Crippen LogP contribution in [0.1, 0.15) is 12.8 Å². The Balaban J connectivity index is 0.00000312. The Kier molecular flexibility index (Phi) is 7.97. The molecule has 0 radical (unpaired) electrons. The largest absolute Gasteiger partial charge is 0.496 e. The average Bonchev–Trinajstić information content (AvgIpc) is 2.57. The number of nitrogens with two attached hydrogens (primary N) is 3. The van der Waals surface area contributed by atoms with E-state index in [9.17, 15) is 4.79 Å². The topological polar surface area (TPSA) is 129 Å². The molecule has 0 aliphatic rings. The Morgan fingerprint density at radius 2 is 2.00 bits per heavy atom. The van der Waals surface area contributed by atoms with Crippen molar-refractivity contribution >= 4 is 40.7 Å². The third kappa shape index (κ3) is 5.81. The first-order chi connectivity index (χ1) is 11.5. The Hall–Kier alpha value is -2.51. The fourth-order valence-corrected chi connectivity index (χ4v) is 2.40. The standard InChI is InChI=1S/C17H23N5O2.ClH/c1-24-15-10-12(9-11-5-2-3-6-13(11)15)22-16(23)14(18)7-4-8-21-17(19)20;/h2-3,5-6,9-10,14H,4,7-8,18H2,1H3,(H,22,23)(H4,19,20,21);1H. The van der Waals surface area contributed by atoms with Gasteiger partial charge >= 0.3 is 0 Å². The quantitative estimate of drug-likeness (QED) is 0.336. The highest BCUT2D eigenvalue weighted by molar-refractivity contribution is 5.99. The van der Waals surface area contributed by atoms with Crippen molar-refractivity contribution in [3.8, 4) is 5.75 Å². The number of halogens is 1. The van der Waals surface area contributed by atoms with E-state index in [2.05, 4.69) is 10.3 Å². The summed E-state index contributed by atoms with van der Waals surface area (Å²) < 4.78 is 5.39.